The summed E-state index contributed by atoms with van der Waals surface area (Å²) in [7, 11) is 0. The Morgan fingerprint density at radius 1 is 0.667 bits per heavy atom. The fourth-order valence-corrected chi connectivity index (χ4v) is 4.34. The lowest BCUT2D eigenvalue weighted by Crippen LogP contribution is -2.09. The average Bonchev–Trinajstić information content (AvgIpc) is 3.04. The minimum Gasteiger partial charge on any atom is -0.399 e. The zero-order valence-corrected chi connectivity index (χ0v) is 23.4. The predicted octanol–water partition coefficient (Wildman–Crippen LogP) is 6.73. The first kappa shape index (κ1) is 29.6. The molecule has 2 heterocycles. The van der Waals surface area contributed by atoms with E-state index >= 15 is 0 Å². The number of hydrogen-bond acceptors (Lipinski definition) is 5. The number of carbonyl (C=O) groups excluding carboxylic acids is 2. The SMILES string of the molecule is Nc1ccc2cnccc2c1.O=C(CCc1ccccc1)Cc1ccc2cnccc2c1.O=CNCc1ccccc1. The van der Waals surface area contributed by atoms with Crippen molar-refractivity contribution < 1.29 is 9.59 Å². The summed E-state index contributed by atoms with van der Waals surface area (Å²) >= 11 is 0. The molecule has 0 aliphatic carbocycles. The van der Waals surface area contributed by atoms with Gasteiger partial charge < -0.3 is 11.1 Å². The Morgan fingerprint density at radius 3 is 1.90 bits per heavy atom. The molecule has 0 spiro atoms. The number of aryl methyl sites for hydroxylation is 1. The molecule has 2 aromatic heterocycles. The number of hydrogen-bond donors (Lipinski definition) is 2. The van der Waals surface area contributed by atoms with E-state index in [2.05, 4.69) is 33.5 Å². The fraction of sp³-hybridized carbons (Fsp3) is 0.111. The summed E-state index contributed by atoms with van der Waals surface area (Å²) in [6.45, 7) is 0.615. The minimum atomic E-state index is 0.284. The molecule has 6 aromatic rings. The monoisotopic (exact) mass is 554 g/mol. The molecule has 0 saturated carbocycles. The van der Waals surface area contributed by atoms with Gasteiger partial charge in [0.25, 0.3) is 0 Å². The summed E-state index contributed by atoms with van der Waals surface area (Å²) in [6.07, 6.45) is 9.84. The zero-order valence-electron chi connectivity index (χ0n) is 23.4. The molecule has 0 unspecified atom stereocenters. The number of rotatable bonds is 8. The highest BCUT2D eigenvalue weighted by Gasteiger charge is 2.05. The van der Waals surface area contributed by atoms with Crippen LogP contribution in [0.4, 0.5) is 5.69 Å². The lowest BCUT2D eigenvalue weighted by atomic mass is 10.0. The van der Waals surface area contributed by atoms with E-state index in [0.29, 0.717) is 25.8 Å². The Balaban J connectivity index is 0.000000162. The molecule has 0 bridgehead atoms. The number of pyridine rings is 2. The molecule has 210 valence electrons. The van der Waals surface area contributed by atoms with Gasteiger partial charge in [0.15, 0.2) is 0 Å². The number of nitrogen functional groups attached to an aromatic ring is 1. The Kier molecular flexibility index (Phi) is 11.3. The van der Waals surface area contributed by atoms with Crippen molar-refractivity contribution in [2.75, 3.05) is 5.73 Å². The van der Waals surface area contributed by atoms with Gasteiger partial charge in [-0.15, -0.1) is 0 Å². The molecule has 0 saturated heterocycles. The Morgan fingerprint density at radius 2 is 1.26 bits per heavy atom. The van der Waals surface area contributed by atoms with Crippen molar-refractivity contribution in [3.8, 4) is 0 Å². The number of anilines is 1. The number of nitrogens with two attached hydrogens (primary N) is 1. The molecule has 6 heteroatoms. The van der Waals surface area contributed by atoms with E-state index in [-0.39, 0.29) is 5.78 Å². The maximum atomic E-state index is 12.1. The molecule has 42 heavy (non-hydrogen) atoms. The van der Waals surface area contributed by atoms with Crippen LogP contribution in [0.2, 0.25) is 0 Å². The van der Waals surface area contributed by atoms with Gasteiger partial charge in [-0.3, -0.25) is 19.6 Å². The highest BCUT2D eigenvalue weighted by molar-refractivity contribution is 5.86. The molecule has 6 rings (SSSR count). The summed E-state index contributed by atoms with van der Waals surface area (Å²) in [5, 5.41) is 7.10. The summed E-state index contributed by atoms with van der Waals surface area (Å²) in [5.74, 6) is 0.284. The van der Waals surface area contributed by atoms with Crippen LogP contribution in [0.3, 0.4) is 0 Å². The molecule has 0 aliphatic heterocycles. The van der Waals surface area contributed by atoms with E-state index in [1.165, 1.54) is 5.56 Å². The van der Waals surface area contributed by atoms with Crippen molar-refractivity contribution >= 4 is 39.4 Å². The second-order valence-electron chi connectivity index (χ2n) is 9.72. The number of aromatic nitrogens is 2. The van der Waals surface area contributed by atoms with Gasteiger partial charge in [0.1, 0.15) is 5.78 Å². The standard InChI is InChI=1S/C19H17NO.C9H8N2.C8H9NO/c21-19(9-7-15-4-2-1-3-5-15)13-16-6-8-18-14-20-11-10-17(18)12-16;10-9-2-1-8-6-11-4-3-7(8)5-9;10-7-9-6-8-4-2-1-3-5-8/h1-6,8,10-12,14H,7,9,13H2;1-6H,10H2;1-5,7H,6H2,(H,9,10). The second-order valence-corrected chi connectivity index (χ2v) is 9.72. The van der Waals surface area contributed by atoms with Crippen molar-refractivity contribution in [2.24, 2.45) is 0 Å². The molecule has 1 amide bonds. The summed E-state index contributed by atoms with van der Waals surface area (Å²) in [4.78, 5) is 30.1. The lowest BCUT2D eigenvalue weighted by molar-refractivity contribution is -0.118. The maximum absolute atomic E-state index is 12.1. The van der Waals surface area contributed by atoms with Crippen LogP contribution in [0, 0.1) is 0 Å². The van der Waals surface area contributed by atoms with Gasteiger partial charge >= 0.3 is 0 Å². The smallest absolute Gasteiger partial charge is 0.207 e. The largest absolute Gasteiger partial charge is 0.399 e. The number of benzene rings is 4. The first-order valence-corrected chi connectivity index (χ1v) is 13.8. The molecular weight excluding hydrogens is 520 g/mol. The Labute approximate surface area is 246 Å². The number of nitrogens with one attached hydrogen (secondary N) is 1. The van der Waals surface area contributed by atoms with Crippen molar-refractivity contribution in [3.05, 3.63) is 151 Å². The molecule has 0 atom stereocenters. The van der Waals surface area contributed by atoms with Gasteiger partial charge in [-0.25, -0.2) is 0 Å². The van der Waals surface area contributed by atoms with Crippen molar-refractivity contribution in [1.82, 2.24) is 15.3 Å². The Hall–Kier alpha value is -5.36. The van der Waals surface area contributed by atoms with Gasteiger partial charge in [0.2, 0.25) is 6.41 Å². The van der Waals surface area contributed by atoms with E-state index in [0.717, 1.165) is 44.8 Å². The summed E-state index contributed by atoms with van der Waals surface area (Å²) in [6, 6.07) is 35.8. The summed E-state index contributed by atoms with van der Waals surface area (Å²) in [5.41, 5.74) is 9.81. The number of amides is 1. The number of Topliss-reactive ketones (excluding diaryl/α,β-unsaturated/α-hetero) is 1. The fourth-order valence-electron chi connectivity index (χ4n) is 4.34. The molecule has 0 fully saturated rings. The van der Waals surface area contributed by atoms with Crippen molar-refractivity contribution in [3.63, 3.8) is 0 Å². The van der Waals surface area contributed by atoms with Crippen LogP contribution in [0.1, 0.15) is 23.1 Å². The van der Waals surface area contributed by atoms with Gasteiger partial charge in [0, 0.05) is 60.6 Å². The van der Waals surface area contributed by atoms with Crippen molar-refractivity contribution in [1.29, 1.82) is 0 Å². The van der Waals surface area contributed by atoms with E-state index in [1.807, 2.05) is 103 Å². The second kappa shape index (κ2) is 16.0. The third-order valence-corrected chi connectivity index (χ3v) is 6.54. The summed E-state index contributed by atoms with van der Waals surface area (Å²) < 4.78 is 0. The van der Waals surface area contributed by atoms with Gasteiger partial charge in [-0.05, 0) is 58.1 Å². The van der Waals surface area contributed by atoms with Gasteiger partial charge in [0.05, 0.1) is 0 Å². The number of carbonyl (C=O) groups is 2. The molecule has 4 aromatic carbocycles. The molecule has 0 aliphatic rings. The normalized spacial score (nSPS) is 10.1. The van der Waals surface area contributed by atoms with Crippen molar-refractivity contribution in [2.45, 2.75) is 25.8 Å². The van der Waals surface area contributed by atoms with Crippen LogP contribution in [0.15, 0.2) is 134 Å². The van der Waals surface area contributed by atoms with Gasteiger partial charge in [-0.2, -0.15) is 0 Å². The predicted molar refractivity (Wildman–Crippen MR) is 171 cm³/mol. The first-order valence-electron chi connectivity index (χ1n) is 13.8. The van der Waals surface area contributed by atoms with Gasteiger partial charge in [-0.1, -0.05) is 84.9 Å². The third kappa shape index (κ3) is 9.68. The van der Waals surface area contributed by atoms with E-state index in [9.17, 15) is 9.59 Å². The lowest BCUT2D eigenvalue weighted by Gasteiger charge is -2.04. The molecule has 3 N–H and O–H groups in total. The molecular formula is C36H34N4O2. The molecule has 6 nitrogen and oxygen atoms in total. The van der Waals surface area contributed by atoms with Crippen LogP contribution in [-0.4, -0.2) is 22.2 Å². The zero-order chi connectivity index (χ0) is 29.4. The Bertz CT molecular complexity index is 1710. The average molecular weight is 555 g/mol. The van der Waals surface area contributed by atoms with Crippen LogP contribution >= 0.6 is 0 Å². The number of nitrogens with zero attached hydrogens (tertiary/aromatic N) is 2. The van der Waals surface area contributed by atoms with Crippen LogP contribution in [-0.2, 0) is 29.0 Å². The maximum Gasteiger partial charge on any atom is 0.207 e. The van der Waals surface area contributed by atoms with E-state index < -0.39 is 0 Å². The van der Waals surface area contributed by atoms with E-state index in [4.69, 9.17) is 5.73 Å². The van der Waals surface area contributed by atoms with Crippen LogP contribution < -0.4 is 11.1 Å². The topological polar surface area (TPSA) is 98.0 Å². The third-order valence-electron chi connectivity index (χ3n) is 6.54. The van der Waals surface area contributed by atoms with E-state index in [1.54, 1.807) is 12.4 Å². The number of ketones is 1. The first-order chi connectivity index (χ1) is 20.6. The number of fused-ring (bicyclic) bond motifs is 2. The van der Waals surface area contributed by atoms with Crippen LogP contribution in [0.5, 0.6) is 0 Å². The molecule has 0 radical (unpaired) electrons. The quantitative estimate of drug-likeness (QED) is 0.161. The van der Waals surface area contributed by atoms with Crippen LogP contribution in [0.25, 0.3) is 21.5 Å². The highest BCUT2D eigenvalue weighted by Crippen LogP contribution is 2.16. The minimum absolute atomic E-state index is 0.284. The highest BCUT2D eigenvalue weighted by atomic mass is 16.1.